The molecule has 0 aliphatic carbocycles. The van der Waals surface area contributed by atoms with Crippen LogP contribution in [0.15, 0.2) is 18.2 Å². The number of amides is 1. The van der Waals surface area contributed by atoms with Gasteiger partial charge in [0.2, 0.25) is 0 Å². The largest absolute Gasteiger partial charge is 0.495 e. The van der Waals surface area contributed by atoms with Crippen LogP contribution in [0.2, 0.25) is 0 Å². The van der Waals surface area contributed by atoms with Gasteiger partial charge < -0.3 is 9.47 Å². The molecular formula is C13H16N2O3. The van der Waals surface area contributed by atoms with Gasteiger partial charge in [-0.3, -0.25) is 5.32 Å². The lowest BCUT2D eigenvalue weighted by molar-refractivity contribution is 0.147. The molecule has 0 radical (unpaired) electrons. The van der Waals surface area contributed by atoms with E-state index in [2.05, 4.69) is 5.32 Å². The summed E-state index contributed by atoms with van der Waals surface area (Å²) in [5, 5.41) is 11.5. The predicted molar refractivity (Wildman–Crippen MR) is 67.5 cm³/mol. The highest BCUT2D eigenvalue weighted by atomic mass is 16.5. The first kappa shape index (κ1) is 13.8. The number of hydrogen-bond acceptors (Lipinski definition) is 4. The molecule has 1 aromatic carbocycles. The molecule has 0 heterocycles. The number of nitriles is 1. The Bertz CT molecular complexity index is 464. The molecule has 1 N–H and O–H groups in total. The Kier molecular flexibility index (Phi) is 5.00. The van der Waals surface area contributed by atoms with Crippen molar-refractivity contribution in [1.29, 1.82) is 5.26 Å². The van der Waals surface area contributed by atoms with E-state index in [-0.39, 0.29) is 5.92 Å². The van der Waals surface area contributed by atoms with Crippen molar-refractivity contribution >= 4 is 11.8 Å². The third-order valence-electron chi connectivity index (χ3n) is 2.14. The van der Waals surface area contributed by atoms with Crippen molar-refractivity contribution in [2.24, 2.45) is 5.92 Å². The SMILES string of the molecule is COc1cccc(C#N)c1NC(=O)OCC(C)C. The maximum atomic E-state index is 11.6. The van der Waals surface area contributed by atoms with Gasteiger partial charge in [-0.05, 0) is 18.1 Å². The molecule has 0 fully saturated rings. The second-order valence-corrected chi connectivity index (χ2v) is 4.11. The molecule has 0 saturated carbocycles. The van der Waals surface area contributed by atoms with Crippen LogP contribution in [0, 0.1) is 17.2 Å². The Morgan fingerprint density at radius 2 is 2.22 bits per heavy atom. The predicted octanol–water partition coefficient (Wildman–Crippen LogP) is 2.77. The van der Waals surface area contributed by atoms with Crippen LogP contribution >= 0.6 is 0 Å². The van der Waals surface area contributed by atoms with Crippen molar-refractivity contribution in [3.63, 3.8) is 0 Å². The summed E-state index contributed by atoms with van der Waals surface area (Å²) >= 11 is 0. The van der Waals surface area contributed by atoms with E-state index >= 15 is 0 Å². The molecule has 5 nitrogen and oxygen atoms in total. The van der Waals surface area contributed by atoms with Gasteiger partial charge in [0.25, 0.3) is 0 Å². The minimum atomic E-state index is -0.593. The van der Waals surface area contributed by atoms with Gasteiger partial charge in [-0.1, -0.05) is 19.9 Å². The zero-order valence-corrected chi connectivity index (χ0v) is 10.7. The Morgan fingerprint density at radius 1 is 1.50 bits per heavy atom. The molecule has 0 aliphatic rings. The van der Waals surface area contributed by atoms with Crippen LogP contribution in [0.25, 0.3) is 0 Å². The summed E-state index contributed by atoms with van der Waals surface area (Å²) in [4.78, 5) is 11.6. The summed E-state index contributed by atoms with van der Waals surface area (Å²) < 4.78 is 10.1. The maximum absolute atomic E-state index is 11.6. The fourth-order valence-corrected chi connectivity index (χ4v) is 1.30. The average molecular weight is 248 g/mol. The first-order valence-corrected chi connectivity index (χ1v) is 5.59. The van der Waals surface area contributed by atoms with Crippen LogP contribution in [-0.2, 0) is 4.74 Å². The summed E-state index contributed by atoms with van der Waals surface area (Å²) in [5.41, 5.74) is 0.659. The number of nitrogens with zero attached hydrogens (tertiary/aromatic N) is 1. The monoisotopic (exact) mass is 248 g/mol. The molecule has 0 saturated heterocycles. The van der Waals surface area contributed by atoms with Crippen LogP contribution in [-0.4, -0.2) is 19.8 Å². The van der Waals surface area contributed by atoms with Gasteiger partial charge >= 0.3 is 6.09 Å². The number of ether oxygens (including phenoxy) is 2. The molecule has 0 spiro atoms. The molecule has 1 amide bonds. The van der Waals surface area contributed by atoms with Crippen LogP contribution in [0.5, 0.6) is 5.75 Å². The van der Waals surface area contributed by atoms with E-state index in [9.17, 15) is 4.79 Å². The molecule has 0 bridgehead atoms. The maximum Gasteiger partial charge on any atom is 0.411 e. The number of para-hydroxylation sites is 1. The molecule has 0 unspecified atom stereocenters. The number of carbonyl (C=O) groups is 1. The summed E-state index contributed by atoms with van der Waals surface area (Å²) in [6.45, 7) is 4.21. The van der Waals surface area contributed by atoms with E-state index in [4.69, 9.17) is 14.7 Å². The highest BCUT2D eigenvalue weighted by molar-refractivity contribution is 5.89. The molecule has 18 heavy (non-hydrogen) atoms. The van der Waals surface area contributed by atoms with Crippen molar-refractivity contribution in [3.8, 4) is 11.8 Å². The standard InChI is InChI=1S/C13H16N2O3/c1-9(2)8-18-13(16)15-12-10(7-14)5-4-6-11(12)17-3/h4-6,9H,8H2,1-3H3,(H,15,16). The van der Waals surface area contributed by atoms with Crippen LogP contribution in [0.3, 0.4) is 0 Å². The van der Waals surface area contributed by atoms with Crippen LogP contribution < -0.4 is 10.1 Å². The van der Waals surface area contributed by atoms with Gasteiger partial charge in [0, 0.05) is 0 Å². The van der Waals surface area contributed by atoms with E-state index < -0.39 is 6.09 Å². The van der Waals surface area contributed by atoms with Crippen molar-refractivity contribution in [3.05, 3.63) is 23.8 Å². The lowest BCUT2D eigenvalue weighted by Crippen LogP contribution is -2.17. The van der Waals surface area contributed by atoms with Crippen LogP contribution in [0.1, 0.15) is 19.4 Å². The van der Waals surface area contributed by atoms with Crippen molar-refractivity contribution in [2.75, 3.05) is 19.0 Å². The summed E-state index contributed by atoms with van der Waals surface area (Å²) in [6, 6.07) is 6.94. The number of hydrogen-bond donors (Lipinski definition) is 1. The van der Waals surface area contributed by atoms with Gasteiger partial charge in [-0.15, -0.1) is 0 Å². The number of rotatable bonds is 4. The normalized spacial score (nSPS) is 9.72. The second kappa shape index (κ2) is 6.50. The van der Waals surface area contributed by atoms with E-state index in [1.807, 2.05) is 19.9 Å². The summed E-state index contributed by atoms with van der Waals surface area (Å²) in [7, 11) is 1.47. The molecule has 0 atom stereocenters. The quantitative estimate of drug-likeness (QED) is 0.889. The fraction of sp³-hybridized carbons (Fsp3) is 0.385. The minimum Gasteiger partial charge on any atom is -0.495 e. The highest BCUT2D eigenvalue weighted by Gasteiger charge is 2.13. The molecule has 1 rings (SSSR count). The number of benzene rings is 1. The Labute approximate surface area is 106 Å². The number of nitrogens with one attached hydrogen (secondary N) is 1. The Balaban J connectivity index is 2.83. The topological polar surface area (TPSA) is 71.3 Å². The third kappa shape index (κ3) is 3.67. The van der Waals surface area contributed by atoms with Gasteiger partial charge in [0.05, 0.1) is 19.3 Å². The lowest BCUT2D eigenvalue weighted by atomic mass is 10.2. The Hall–Kier alpha value is -2.22. The van der Waals surface area contributed by atoms with Gasteiger partial charge in [-0.25, -0.2) is 4.79 Å². The first-order chi connectivity index (χ1) is 8.58. The number of methoxy groups -OCH3 is 1. The number of anilines is 1. The van der Waals surface area contributed by atoms with E-state index in [0.29, 0.717) is 23.6 Å². The zero-order chi connectivity index (χ0) is 13.5. The summed E-state index contributed by atoms with van der Waals surface area (Å²) in [6.07, 6.45) is -0.593. The van der Waals surface area contributed by atoms with Crippen molar-refractivity contribution in [2.45, 2.75) is 13.8 Å². The highest BCUT2D eigenvalue weighted by Crippen LogP contribution is 2.27. The average Bonchev–Trinajstić information content (AvgIpc) is 2.36. The van der Waals surface area contributed by atoms with E-state index in [0.717, 1.165) is 0 Å². The van der Waals surface area contributed by atoms with E-state index in [1.54, 1.807) is 18.2 Å². The third-order valence-corrected chi connectivity index (χ3v) is 2.14. The molecule has 5 heteroatoms. The van der Waals surface area contributed by atoms with E-state index in [1.165, 1.54) is 7.11 Å². The van der Waals surface area contributed by atoms with Gasteiger partial charge in [0.15, 0.2) is 0 Å². The summed E-state index contributed by atoms with van der Waals surface area (Å²) in [5.74, 6) is 0.680. The second-order valence-electron chi connectivity index (χ2n) is 4.11. The molecule has 0 aromatic heterocycles. The molecular weight excluding hydrogens is 232 g/mol. The molecule has 1 aromatic rings. The lowest BCUT2D eigenvalue weighted by Gasteiger charge is -2.12. The van der Waals surface area contributed by atoms with Gasteiger partial charge in [-0.2, -0.15) is 5.26 Å². The molecule has 0 aliphatic heterocycles. The smallest absolute Gasteiger partial charge is 0.411 e. The van der Waals surface area contributed by atoms with Crippen molar-refractivity contribution in [1.82, 2.24) is 0 Å². The fourth-order valence-electron chi connectivity index (χ4n) is 1.30. The van der Waals surface area contributed by atoms with Gasteiger partial charge in [0.1, 0.15) is 17.5 Å². The first-order valence-electron chi connectivity index (χ1n) is 5.59. The Morgan fingerprint density at radius 3 is 2.78 bits per heavy atom. The van der Waals surface area contributed by atoms with Crippen molar-refractivity contribution < 1.29 is 14.3 Å². The number of carbonyl (C=O) groups excluding carboxylic acids is 1. The minimum absolute atomic E-state index is 0.254. The molecule has 96 valence electrons. The van der Waals surface area contributed by atoms with Crippen LogP contribution in [0.4, 0.5) is 10.5 Å². The zero-order valence-electron chi connectivity index (χ0n) is 10.7.